The standard InChI is InChI=1S/C9H14O/c1-8-4-2-3-5-9(10)7-6-8/h6H,2-5,7H2,1H3. The fourth-order valence-electron chi connectivity index (χ4n) is 1.22. The maximum atomic E-state index is 10.9. The quantitative estimate of drug-likeness (QED) is 0.470. The van der Waals surface area contributed by atoms with Crippen LogP contribution in [-0.2, 0) is 4.79 Å². The van der Waals surface area contributed by atoms with E-state index in [1.54, 1.807) is 0 Å². The average Bonchev–Trinajstić information content (AvgIpc) is 1.90. The smallest absolute Gasteiger partial charge is 0.136 e. The van der Waals surface area contributed by atoms with Crippen molar-refractivity contribution in [1.29, 1.82) is 0 Å². The number of Topliss-reactive ketones (excluding diaryl/α,β-unsaturated/α-hetero) is 1. The van der Waals surface area contributed by atoms with Crippen molar-refractivity contribution in [2.45, 2.75) is 39.0 Å². The number of rotatable bonds is 0. The van der Waals surface area contributed by atoms with Crippen LogP contribution in [0.5, 0.6) is 0 Å². The van der Waals surface area contributed by atoms with Crippen molar-refractivity contribution in [3.8, 4) is 0 Å². The molecule has 0 bridgehead atoms. The predicted molar refractivity (Wildman–Crippen MR) is 41.8 cm³/mol. The van der Waals surface area contributed by atoms with Gasteiger partial charge >= 0.3 is 0 Å². The normalized spacial score (nSPS) is 21.3. The van der Waals surface area contributed by atoms with Gasteiger partial charge in [-0.1, -0.05) is 11.6 Å². The molecule has 1 heteroatoms. The van der Waals surface area contributed by atoms with E-state index in [-0.39, 0.29) is 0 Å². The molecule has 0 unspecified atom stereocenters. The lowest BCUT2D eigenvalue weighted by Gasteiger charge is -2.05. The Bertz CT molecular complexity index is 156. The number of carbonyl (C=O) groups excluding carboxylic acids is 1. The summed E-state index contributed by atoms with van der Waals surface area (Å²) < 4.78 is 0. The van der Waals surface area contributed by atoms with E-state index in [0.29, 0.717) is 12.2 Å². The zero-order valence-electron chi connectivity index (χ0n) is 6.52. The molecule has 0 aromatic carbocycles. The van der Waals surface area contributed by atoms with Crippen molar-refractivity contribution in [3.05, 3.63) is 11.6 Å². The Morgan fingerprint density at radius 1 is 1.30 bits per heavy atom. The number of carbonyl (C=O) groups is 1. The second kappa shape index (κ2) is 3.55. The molecular formula is C9H14O. The maximum Gasteiger partial charge on any atom is 0.136 e. The van der Waals surface area contributed by atoms with Crippen molar-refractivity contribution >= 4 is 5.78 Å². The molecule has 0 fully saturated rings. The van der Waals surface area contributed by atoms with Crippen LogP contribution in [-0.4, -0.2) is 5.78 Å². The molecule has 1 rings (SSSR count). The van der Waals surface area contributed by atoms with Crippen LogP contribution < -0.4 is 0 Å². The van der Waals surface area contributed by atoms with E-state index >= 15 is 0 Å². The summed E-state index contributed by atoms with van der Waals surface area (Å²) in [6.07, 6.45) is 7.00. The molecule has 0 atom stereocenters. The average molecular weight is 138 g/mol. The fraction of sp³-hybridized carbons (Fsp3) is 0.667. The molecular weight excluding hydrogens is 124 g/mol. The topological polar surface area (TPSA) is 17.1 Å². The second-order valence-electron chi connectivity index (χ2n) is 3.00. The van der Waals surface area contributed by atoms with Gasteiger partial charge in [0.2, 0.25) is 0 Å². The summed E-state index contributed by atoms with van der Waals surface area (Å²) in [6, 6.07) is 0. The summed E-state index contributed by atoms with van der Waals surface area (Å²) in [7, 11) is 0. The summed E-state index contributed by atoms with van der Waals surface area (Å²) in [4.78, 5) is 10.9. The molecule has 0 amide bonds. The summed E-state index contributed by atoms with van der Waals surface area (Å²) in [5, 5.41) is 0. The molecule has 10 heavy (non-hydrogen) atoms. The molecule has 1 aliphatic rings. The molecule has 0 spiro atoms. The molecule has 0 N–H and O–H groups in total. The van der Waals surface area contributed by atoms with E-state index in [9.17, 15) is 4.79 Å². The molecule has 56 valence electrons. The van der Waals surface area contributed by atoms with Gasteiger partial charge < -0.3 is 0 Å². The largest absolute Gasteiger partial charge is 0.299 e. The van der Waals surface area contributed by atoms with Crippen LogP contribution in [0.3, 0.4) is 0 Å². The van der Waals surface area contributed by atoms with Crippen LogP contribution in [0, 0.1) is 0 Å². The fourth-order valence-corrected chi connectivity index (χ4v) is 1.22. The van der Waals surface area contributed by atoms with Crippen molar-refractivity contribution in [1.82, 2.24) is 0 Å². The Morgan fingerprint density at radius 2 is 2.00 bits per heavy atom. The molecule has 0 saturated heterocycles. The third-order valence-corrected chi connectivity index (χ3v) is 1.95. The SMILES string of the molecule is CC1=CCC(=O)CCCC1. The zero-order valence-corrected chi connectivity index (χ0v) is 6.52. The third-order valence-electron chi connectivity index (χ3n) is 1.95. The van der Waals surface area contributed by atoms with E-state index in [4.69, 9.17) is 0 Å². The highest BCUT2D eigenvalue weighted by molar-refractivity contribution is 5.79. The Balaban J connectivity index is 2.49. The van der Waals surface area contributed by atoms with Gasteiger partial charge in [-0.3, -0.25) is 4.79 Å². The van der Waals surface area contributed by atoms with E-state index in [1.165, 1.54) is 18.4 Å². The van der Waals surface area contributed by atoms with E-state index < -0.39 is 0 Å². The van der Waals surface area contributed by atoms with Crippen LogP contribution >= 0.6 is 0 Å². The van der Waals surface area contributed by atoms with Crippen LogP contribution in [0.1, 0.15) is 39.0 Å². The van der Waals surface area contributed by atoms with Crippen molar-refractivity contribution in [2.24, 2.45) is 0 Å². The highest BCUT2D eigenvalue weighted by Gasteiger charge is 2.03. The van der Waals surface area contributed by atoms with Crippen LogP contribution in [0.4, 0.5) is 0 Å². The first-order valence-corrected chi connectivity index (χ1v) is 3.96. The van der Waals surface area contributed by atoms with Gasteiger partial charge in [0.1, 0.15) is 5.78 Å². The number of allylic oxidation sites excluding steroid dienone is 2. The second-order valence-corrected chi connectivity index (χ2v) is 3.00. The van der Waals surface area contributed by atoms with Crippen LogP contribution in [0.15, 0.2) is 11.6 Å². The molecule has 0 aromatic rings. The van der Waals surface area contributed by atoms with Crippen molar-refractivity contribution in [2.75, 3.05) is 0 Å². The van der Waals surface area contributed by atoms with Gasteiger partial charge in [-0.25, -0.2) is 0 Å². The number of ketones is 1. The van der Waals surface area contributed by atoms with Gasteiger partial charge in [0.25, 0.3) is 0 Å². The first kappa shape index (κ1) is 7.52. The first-order chi connectivity index (χ1) is 4.79. The maximum absolute atomic E-state index is 10.9. The molecule has 0 heterocycles. The van der Waals surface area contributed by atoms with Gasteiger partial charge in [-0.15, -0.1) is 0 Å². The lowest BCUT2D eigenvalue weighted by atomic mass is 10.0. The zero-order chi connectivity index (χ0) is 7.40. The van der Waals surface area contributed by atoms with Crippen LogP contribution in [0.2, 0.25) is 0 Å². The summed E-state index contributed by atoms with van der Waals surface area (Å²) >= 11 is 0. The molecule has 1 aliphatic carbocycles. The van der Waals surface area contributed by atoms with E-state index in [1.807, 2.05) is 0 Å². The van der Waals surface area contributed by atoms with Crippen molar-refractivity contribution in [3.63, 3.8) is 0 Å². The predicted octanol–water partition coefficient (Wildman–Crippen LogP) is 2.47. The number of hydrogen-bond acceptors (Lipinski definition) is 1. The van der Waals surface area contributed by atoms with Gasteiger partial charge in [-0.2, -0.15) is 0 Å². The Hall–Kier alpha value is -0.590. The van der Waals surface area contributed by atoms with Gasteiger partial charge in [-0.05, 0) is 26.2 Å². The van der Waals surface area contributed by atoms with E-state index in [2.05, 4.69) is 13.0 Å². The summed E-state index contributed by atoms with van der Waals surface area (Å²) in [6.45, 7) is 2.11. The highest BCUT2D eigenvalue weighted by Crippen LogP contribution is 2.13. The molecule has 0 saturated carbocycles. The minimum Gasteiger partial charge on any atom is -0.299 e. The molecule has 0 aliphatic heterocycles. The third kappa shape index (κ3) is 2.34. The lowest BCUT2D eigenvalue weighted by molar-refractivity contribution is -0.118. The van der Waals surface area contributed by atoms with Crippen molar-refractivity contribution < 1.29 is 4.79 Å². The minimum absolute atomic E-state index is 0.402. The Morgan fingerprint density at radius 3 is 2.80 bits per heavy atom. The summed E-state index contributed by atoms with van der Waals surface area (Å²) in [5.74, 6) is 0.402. The Labute approximate surface area is 62.1 Å². The molecule has 1 nitrogen and oxygen atoms in total. The number of hydrogen-bond donors (Lipinski definition) is 0. The first-order valence-electron chi connectivity index (χ1n) is 3.96. The van der Waals surface area contributed by atoms with Crippen LogP contribution in [0.25, 0.3) is 0 Å². The molecule has 0 aromatic heterocycles. The summed E-state index contributed by atoms with van der Waals surface area (Å²) in [5.41, 5.74) is 1.38. The minimum atomic E-state index is 0.402. The molecule has 0 radical (unpaired) electrons. The monoisotopic (exact) mass is 138 g/mol. The Kier molecular flexibility index (Phi) is 2.67. The lowest BCUT2D eigenvalue weighted by Crippen LogP contribution is -1.98. The highest BCUT2D eigenvalue weighted by atomic mass is 16.1. The van der Waals surface area contributed by atoms with E-state index in [0.717, 1.165) is 12.8 Å². The van der Waals surface area contributed by atoms with Gasteiger partial charge in [0.05, 0.1) is 0 Å². The van der Waals surface area contributed by atoms with Gasteiger partial charge in [0, 0.05) is 12.8 Å². The van der Waals surface area contributed by atoms with Gasteiger partial charge in [0.15, 0.2) is 0 Å².